The van der Waals surface area contributed by atoms with Gasteiger partial charge < -0.3 is 26.4 Å². The van der Waals surface area contributed by atoms with E-state index in [0.717, 1.165) is 5.69 Å². The van der Waals surface area contributed by atoms with E-state index in [0.29, 0.717) is 43.5 Å². The van der Waals surface area contributed by atoms with E-state index < -0.39 is 11.6 Å². The molecule has 1 saturated heterocycles. The number of nitrogens with two attached hydrogens (primary N) is 2. The number of aromatic nitrogens is 5. The van der Waals surface area contributed by atoms with Gasteiger partial charge in [-0.1, -0.05) is 6.07 Å². The van der Waals surface area contributed by atoms with Crippen LogP contribution >= 0.6 is 0 Å². The first kappa shape index (κ1) is 19.7. The number of hydrogen-bond donors (Lipinski definition) is 3. The summed E-state index contributed by atoms with van der Waals surface area (Å²) in [7, 11) is 1.83. The topological polar surface area (TPSA) is 150 Å². The van der Waals surface area contributed by atoms with Gasteiger partial charge in [-0.05, 0) is 18.2 Å². The molecule has 0 saturated carbocycles. The maximum Gasteiger partial charge on any atom is 0.254 e. The number of hydrogen-bond acceptors (Lipinski definition) is 9. The fourth-order valence-corrected chi connectivity index (χ4v) is 3.26. The first-order chi connectivity index (χ1) is 14.5. The number of ether oxygens (including phenoxy) is 1. The molecule has 30 heavy (non-hydrogen) atoms. The number of nitrogens with zero attached hydrogens (tertiary/aromatic N) is 6. The normalized spacial score (nSPS) is 15.5. The maximum absolute atomic E-state index is 11.9. The zero-order valence-corrected chi connectivity index (χ0v) is 16.5. The monoisotopic (exact) mass is 409 g/mol. The van der Waals surface area contributed by atoms with Crippen molar-refractivity contribution in [3.05, 3.63) is 48.4 Å². The van der Waals surface area contributed by atoms with Gasteiger partial charge in [-0.25, -0.2) is 4.98 Å². The first-order valence-corrected chi connectivity index (χ1v) is 9.47. The van der Waals surface area contributed by atoms with E-state index in [2.05, 4.69) is 25.5 Å². The van der Waals surface area contributed by atoms with Crippen molar-refractivity contribution in [2.75, 3.05) is 30.5 Å². The molecule has 1 aromatic carbocycles. The number of primary amides is 1. The summed E-state index contributed by atoms with van der Waals surface area (Å²) in [5, 5.41) is 11.4. The van der Waals surface area contributed by atoms with Gasteiger partial charge in [-0.15, -0.1) is 0 Å². The summed E-state index contributed by atoms with van der Waals surface area (Å²) >= 11 is 0. The van der Waals surface area contributed by atoms with E-state index in [1.54, 1.807) is 12.4 Å². The molecular formula is C19H23N9O2. The number of benzene rings is 1. The Morgan fingerprint density at radius 1 is 1.27 bits per heavy atom. The molecule has 4 rings (SSSR count). The average Bonchev–Trinajstić information content (AvgIpc) is 3.29. The lowest BCUT2D eigenvalue weighted by Crippen LogP contribution is -2.58. The summed E-state index contributed by atoms with van der Waals surface area (Å²) in [4.78, 5) is 24.1. The predicted molar refractivity (Wildman–Crippen MR) is 111 cm³/mol. The van der Waals surface area contributed by atoms with Crippen LogP contribution in [0.2, 0.25) is 0 Å². The van der Waals surface area contributed by atoms with Gasteiger partial charge >= 0.3 is 0 Å². The molecule has 3 heterocycles. The standard InChI is InChI=1S/C19H23N9O2/c1-27(19(21)5-9-30-10-6-19)18-22-12-15(16(20)29)17(26-18)25-13-3-2-4-14(11-13)28-23-7-8-24-28/h2-4,7-8,11-12H,5-6,9-10,21H2,1H3,(H2,20,29)(H,22,25,26). The summed E-state index contributed by atoms with van der Waals surface area (Å²) in [5.41, 5.74) is 13.1. The third-order valence-corrected chi connectivity index (χ3v) is 5.13. The van der Waals surface area contributed by atoms with E-state index in [4.69, 9.17) is 16.2 Å². The van der Waals surface area contributed by atoms with E-state index in [1.165, 1.54) is 11.0 Å². The number of carbonyl (C=O) groups excluding carboxylic acids is 1. The Bertz CT molecular complexity index is 1030. The lowest BCUT2D eigenvalue weighted by atomic mass is 10.0. The fourth-order valence-electron chi connectivity index (χ4n) is 3.26. The number of nitrogens with one attached hydrogen (secondary N) is 1. The van der Waals surface area contributed by atoms with Gasteiger partial charge in [-0.3, -0.25) is 4.79 Å². The van der Waals surface area contributed by atoms with Gasteiger partial charge in [0.05, 0.1) is 37.0 Å². The number of carbonyl (C=O) groups is 1. The average molecular weight is 409 g/mol. The summed E-state index contributed by atoms with van der Waals surface area (Å²) < 4.78 is 5.41. The molecule has 0 radical (unpaired) electrons. The maximum atomic E-state index is 11.9. The molecule has 2 aromatic heterocycles. The zero-order chi connectivity index (χ0) is 21.1. The minimum atomic E-state index is -0.634. The molecule has 0 aliphatic carbocycles. The molecule has 0 bridgehead atoms. The molecule has 0 atom stereocenters. The minimum absolute atomic E-state index is 0.174. The van der Waals surface area contributed by atoms with Crippen molar-refractivity contribution >= 4 is 23.4 Å². The molecule has 5 N–H and O–H groups in total. The van der Waals surface area contributed by atoms with Gasteiger partial charge in [0.1, 0.15) is 11.4 Å². The van der Waals surface area contributed by atoms with Crippen LogP contribution in [0, 0.1) is 0 Å². The Morgan fingerprint density at radius 2 is 2.00 bits per heavy atom. The molecule has 11 heteroatoms. The first-order valence-electron chi connectivity index (χ1n) is 9.47. The summed E-state index contributed by atoms with van der Waals surface area (Å²) in [6, 6.07) is 7.38. The van der Waals surface area contributed by atoms with Crippen molar-refractivity contribution in [3.8, 4) is 5.69 Å². The van der Waals surface area contributed by atoms with Crippen LogP contribution in [0.4, 0.5) is 17.5 Å². The highest BCUT2D eigenvalue weighted by Crippen LogP contribution is 2.27. The summed E-state index contributed by atoms with van der Waals surface area (Å²) in [5.74, 6) is 0.0440. The second-order valence-electron chi connectivity index (χ2n) is 7.07. The van der Waals surface area contributed by atoms with Gasteiger partial charge in [-0.2, -0.15) is 20.0 Å². The Kier molecular flexibility index (Phi) is 5.29. The van der Waals surface area contributed by atoms with Crippen LogP contribution in [0.15, 0.2) is 42.9 Å². The number of amides is 1. The van der Waals surface area contributed by atoms with E-state index in [1.807, 2.05) is 36.2 Å². The lowest BCUT2D eigenvalue weighted by Gasteiger charge is -2.41. The Morgan fingerprint density at radius 3 is 2.70 bits per heavy atom. The van der Waals surface area contributed by atoms with Crippen molar-refractivity contribution in [2.45, 2.75) is 18.5 Å². The van der Waals surface area contributed by atoms with Crippen LogP contribution in [0.1, 0.15) is 23.2 Å². The fraction of sp³-hybridized carbons (Fsp3) is 0.316. The van der Waals surface area contributed by atoms with E-state index in [-0.39, 0.29) is 5.56 Å². The molecule has 1 amide bonds. The second kappa shape index (κ2) is 8.05. The highest BCUT2D eigenvalue weighted by Gasteiger charge is 2.34. The Hall–Kier alpha value is -3.57. The number of rotatable bonds is 6. The summed E-state index contributed by atoms with van der Waals surface area (Å²) in [6.07, 6.45) is 5.89. The van der Waals surface area contributed by atoms with Crippen LogP contribution in [-0.2, 0) is 4.74 Å². The van der Waals surface area contributed by atoms with Gasteiger partial charge in [0, 0.05) is 31.8 Å². The van der Waals surface area contributed by atoms with Gasteiger partial charge in [0.15, 0.2) is 0 Å². The van der Waals surface area contributed by atoms with Crippen molar-refractivity contribution in [1.82, 2.24) is 25.0 Å². The highest BCUT2D eigenvalue weighted by atomic mass is 16.5. The van der Waals surface area contributed by atoms with Crippen LogP contribution in [0.5, 0.6) is 0 Å². The largest absolute Gasteiger partial charge is 0.381 e. The van der Waals surface area contributed by atoms with Gasteiger partial charge in [0.25, 0.3) is 5.91 Å². The third kappa shape index (κ3) is 3.93. The molecule has 0 spiro atoms. The lowest BCUT2D eigenvalue weighted by molar-refractivity contribution is 0.0531. The van der Waals surface area contributed by atoms with Crippen LogP contribution in [-0.4, -0.2) is 56.8 Å². The SMILES string of the molecule is CN(c1ncc(C(N)=O)c(Nc2cccc(-n3nccn3)c2)n1)C1(N)CCOCC1. The Labute approximate surface area is 173 Å². The molecule has 11 nitrogen and oxygen atoms in total. The highest BCUT2D eigenvalue weighted by molar-refractivity contribution is 5.98. The molecule has 3 aromatic rings. The van der Waals surface area contributed by atoms with E-state index >= 15 is 0 Å². The van der Waals surface area contributed by atoms with Crippen LogP contribution in [0.25, 0.3) is 5.69 Å². The van der Waals surface area contributed by atoms with Crippen molar-refractivity contribution in [3.63, 3.8) is 0 Å². The quantitative estimate of drug-likeness (QED) is 0.502. The molecule has 1 aliphatic heterocycles. The zero-order valence-electron chi connectivity index (χ0n) is 16.5. The van der Waals surface area contributed by atoms with Crippen LogP contribution in [0.3, 0.4) is 0 Å². The molecule has 0 unspecified atom stereocenters. The van der Waals surface area contributed by atoms with Crippen molar-refractivity contribution < 1.29 is 9.53 Å². The third-order valence-electron chi connectivity index (χ3n) is 5.13. The molecule has 156 valence electrons. The van der Waals surface area contributed by atoms with Crippen molar-refractivity contribution in [2.24, 2.45) is 11.5 Å². The van der Waals surface area contributed by atoms with Crippen molar-refractivity contribution in [1.29, 1.82) is 0 Å². The minimum Gasteiger partial charge on any atom is -0.381 e. The Balaban J connectivity index is 1.66. The van der Waals surface area contributed by atoms with Gasteiger partial charge in [0.2, 0.25) is 5.95 Å². The second-order valence-corrected chi connectivity index (χ2v) is 7.07. The smallest absolute Gasteiger partial charge is 0.254 e. The predicted octanol–water partition coefficient (Wildman–Crippen LogP) is 0.801. The number of anilines is 3. The van der Waals surface area contributed by atoms with Crippen LogP contribution < -0.4 is 21.7 Å². The summed E-state index contributed by atoms with van der Waals surface area (Å²) in [6.45, 7) is 1.14. The van der Waals surface area contributed by atoms with E-state index in [9.17, 15) is 4.79 Å². The molecule has 1 aliphatic rings. The molecular weight excluding hydrogens is 386 g/mol. The molecule has 1 fully saturated rings.